The fourth-order valence-corrected chi connectivity index (χ4v) is 3.43. The maximum Gasteiger partial charge on any atom is 0.0685 e. The second-order valence-corrected chi connectivity index (χ2v) is 7.00. The number of hydrogen-bond donors (Lipinski definition) is 2. The van der Waals surface area contributed by atoms with Crippen molar-refractivity contribution in [1.82, 2.24) is 0 Å². The molecular formula is C20H29N3. The van der Waals surface area contributed by atoms with E-state index in [1.807, 2.05) is 12.1 Å². The molecule has 2 rings (SSSR count). The molecule has 0 amide bonds. The van der Waals surface area contributed by atoms with Gasteiger partial charge in [-0.05, 0) is 60.9 Å². The summed E-state index contributed by atoms with van der Waals surface area (Å²) in [7, 11) is 0. The van der Waals surface area contributed by atoms with Gasteiger partial charge in [0, 0.05) is 6.42 Å². The highest BCUT2D eigenvalue weighted by atomic mass is 15.1. The molecule has 0 aliphatic heterocycles. The molecule has 124 valence electrons. The van der Waals surface area contributed by atoms with E-state index in [-0.39, 0.29) is 5.41 Å². The molecule has 0 unspecified atom stereocenters. The van der Waals surface area contributed by atoms with Crippen LogP contribution in [-0.2, 0) is 0 Å². The fourth-order valence-electron chi connectivity index (χ4n) is 3.43. The van der Waals surface area contributed by atoms with Gasteiger partial charge < -0.3 is 11.6 Å². The smallest absolute Gasteiger partial charge is 0.0685 e. The zero-order chi connectivity index (χ0) is 16.9. The van der Waals surface area contributed by atoms with Crippen molar-refractivity contribution in [1.29, 1.82) is 0 Å². The lowest BCUT2D eigenvalue weighted by Crippen LogP contribution is -2.18. The molecule has 1 aromatic rings. The van der Waals surface area contributed by atoms with E-state index in [4.69, 9.17) is 11.6 Å². The summed E-state index contributed by atoms with van der Waals surface area (Å²) in [6, 6.07) is 8.32. The van der Waals surface area contributed by atoms with E-state index in [1.165, 1.54) is 36.0 Å². The standard InChI is InChI=1S/C20H29N3/c1-15-6-5-12-20(2,3)18(15)10-9-16-7-4-8-17(14-16)19(23-22)11-13-21/h4,7-10,14H,5-6,11-13,21-22H2,1-3H3. The third kappa shape index (κ3) is 4.32. The van der Waals surface area contributed by atoms with Crippen molar-refractivity contribution >= 4 is 11.8 Å². The van der Waals surface area contributed by atoms with Crippen molar-refractivity contribution in [2.45, 2.75) is 46.5 Å². The fraction of sp³-hybridized carbons (Fsp3) is 0.450. The number of nitrogens with two attached hydrogens (primary N) is 2. The highest BCUT2D eigenvalue weighted by Crippen LogP contribution is 2.40. The molecule has 1 aliphatic carbocycles. The first-order valence-electron chi connectivity index (χ1n) is 8.43. The predicted molar refractivity (Wildman–Crippen MR) is 100 cm³/mol. The lowest BCUT2D eigenvalue weighted by Gasteiger charge is -2.32. The number of allylic oxidation sites excluding steroid dienone is 3. The summed E-state index contributed by atoms with van der Waals surface area (Å²) in [5.41, 5.74) is 12.0. The quantitative estimate of drug-likeness (QED) is 0.485. The van der Waals surface area contributed by atoms with E-state index in [2.05, 4.69) is 50.2 Å². The van der Waals surface area contributed by atoms with Gasteiger partial charge in [0.2, 0.25) is 0 Å². The zero-order valence-corrected chi connectivity index (χ0v) is 14.6. The molecule has 23 heavy (non-hydrogen) atoms. The van der Waals surface area contributed by atoms with E-state index in [0.717, 1.165) is 11.3 Å². The minimum absolute atomic E-state index is 0.264. The Morgan fingerprint density at radius 3 is 2.74 bits per heavy atom. The molecule has 0 saturated heterocycles. The Kier molecular flexibility index (Phi) is 5.78. The Balaban J connectivity index is 2.27. The lowest BCUT2D eigenvalue weighted by atomic mass is 9.72. The van der Waals surface area contributed by atoms with Gasteiger partial charge >= 0.3 is 0 Å². The van der Waals surface area contributed by atoms with Crippen molar-refractivity contribution in [2.75, 3.05) is 6.54 Å². The SMILES string of the molecule is CC1=C(C=Cc2cccc(C(CCN)=NN)c2)C(C)(C)CCC1. The summed E-state index contributed by atoms with van der Waals surface area (Å²) < 4.78 is 0. The summed E-state index contributed by atoms with van der Waals surface area (Å²) in [6.07, 6.45) is 8.94. The van der Waals surface area contributed by atoms with Crippen LogP contribution < -0.4 is 11.6 Å². The van der Waals surface area contributed by atoms with Crippen LogP contribution in [0.5, 0.6) is 0 Å². The monoisotopic (exact) mass is 311 g/mol. The van der Waals surface area contributed by atoms with E-state index in [0.29, 0.717) is 13.0 Å². The largest absolute Gasteiger partial charge is 0.330 e. The zero-order valence-electron chi connectivity index (χ0n) is 14.6. The lowest BCUT2D eigenvalue weighted by molar-refractivity contribution is 0.377. The molecule has 3 heteroatoms. The summed E-state index contributed by atoms with van der Waals surface area (Å²) in [6.45, 7) is 7.49. The van der Waals surface area contributed by atoms with Crippen LogP contribution in [0.4, 0.5) is 0 Å². The molecule has 4 N–H and O–H groups in total. The first-order valence-corrected chi connectivity index (χ1v) is 8.43. The van der Waals surface area contributed by atoms with E-state index in [9.17, 15) is 0 Å². The van der Waals surface area contributed by atoms with Gasteiger partial charge in [0.15, 0.2) is 0 Å². The molecule has 0 fully saturated rings. The maximum atomic E-state index is 5.63. The number of hydrazone groups is 1. The van der Waals surface area contributed by atoms with Crippen molar-refractivity contribution < 1.29 is 0 Å². The van der Waals surface area contributed by atoms with Crippen molar-refractivity contribution in [2.24, 2.45) is 22.1 Å². The second kappa shape index (κ2) is 7.60. The van der Waals surface area contributed by atoms with Crippen LogP contribution >= 0.6 is 0 Å². The molecule has 0 aromatic heterocycles. The molecular weight excluding hydrogens is 282 g/mol. The average Bonchev–Trinajstić information content (AvgIpc) is 2.52. The molecule has 0 radical (unpaired) electrons. The number of benzene rings is 1. The van der Waals surface area contributed by atoms with Crippen molar-refractivity contribution in [3.05, 3.63) is 52.6 Å². The molecule has 0 spiro atoms. The predicted octanol–water partition coefficient (Wildman–Crippen LogP) is 4.24. The van der Waals surface area contributed by atoms with Crippen LogP contribution in [0.25, 0.3) is 6.08 Å². The summed E-state index contributed by atoms with van der Waals surface area (Å²) in [4.78, 5) is 0. The van der Waals surface area contributed by atoms with Crippen molar-refractivity contribution in [3.63, 3.8) is 0 Å². The highest BCUT2D eigenvalue weighted by Gasteiger charge is 2.26. The van der Waals surface area contributed by atoms with Crippen LogP contribution in [0.15, 0.2) is 46.6 Å². The van der Waals surface area contributed by atoms with Gasteiger partial charge in [0.25, 0.3) is 0 Å². The molecule has 0 bridgehead atoms. The van der Waals surface area contributed by atoms with Crippen LogP contribution in [0.2, 0.25) is 0 Å². The Labute approximate surface area is 140 Å². The van der Waals surface area contributed by atoms with Gasteiger partial charge in [0.05, 0.1) is 5.71 Å². The Morgan fingerprint density at radius 2 is 2.09 bits per heavy atom. The van der Waals surface area contributed by atoms with Gasteiger partial charge in [-0.15, -0.1) is 0 Å². The van der Waals surface area contributed by atoms with Crippen LogP contribution in [-0.4, -0.2) is 12.3 Å². The Morgan fingerprint density at radius 1 is 1.30 bits per heavy atom. The molecule has 0 saturated carbocycles. The number of rotatable bonds is 5. The first-order chi connectivity index (χ1) is 11.0. The summed E-state index contributed by atoms with van der Waals surface area (Å²) in [5.74, 6) is 5.49. The molecule has 1 aromatic carbocycles. The number of hydrogen-bond acceptors (Lipinski definition) is 3. The Bertz CT molecular complexity index is 636. The van der Waals surface area contributed by atoms with Gasteiger partial charge in [-0.1, -0.05) is 49.8 Å². The van der Waals surface area contributed by atoms with Gasteiger partial charge in [-0.2, -0.15) is 5.10 Å². The molecule has 1 aliphatic rings. The van der Waals surface area contributed by atoms with E-state index in [1.54, 1.807) is 0 Å². The van der Waals surface area contributed by atoms with Crippen LogP contribution in [0, 0.1) is 5.41 Å². The highest BCUT2D eigenvalue weighted by molar-refractivity contribution is 6.00. The topological polar surface area (TPSA) is 64.4 Å². The van der Waals surface area contributed by atoms with Gasteiger partial charge in [-0.3, -0.25) is 0 Å². The molecule has 0 heterocycles. The minimum atomic E-state index is 0.264. The maximum absolute atomic E-state index is 5.63. The van der Waals surface area contributed by atoms with Crippen molar-refractivity contribution in [3.8, 4) is 0 Å². The number of nitrogens with zero attached hydrogens (tertiary/aromatic N) is 1. The van der Waals surface area contributed by atoms with E-state index >= 15 is 0 Å². The van der Waals surface area contributed by atoms with Crippen LogP contribution in [0.1, 0.15) is 57.6 Å². The average molecular weight is 311 g/mol. The second-order valence-electron chi connectivity index (χ2n) is 7.00. The van der Waals surface area contributed by atoms with Gasteiger partial charge in [-0.25, -0.2) is 0 Å². The molecule has 0 atom stereocenters. The molecule has 3 nitrogen and oxygen atoms in total. The third-order valence-corrected chi connectivity index (χ3v) is 4.74. The summed E-state index contributed by atoms with van der Waals surface area (Å²) in [5, 5.41) is 3.88. The van der Waals surface area contributed by atoms with Crippen LogP contribution in [0.3, 0.4) is 0 Å². The minimum Gasteiger partial charge on any atom is -0.330 e. The first kappa shape index (κ1) is 17.5. The third-order valence-electron chi connectivity index (χ3n) is 4.74. The normalized spacial score (nSPS) is 18.7. The van der Waals surface area contributed by atoms with E-state index < -0.39 is 0 Å². The summed E-state index contributed by atoms with van der Waals surface area (Å²) >= 11 is 0. The Hall–Kier alpha value is -1.87. The van der Waals surface area contributed by atoms with Gasteiger partial charge in [0.1, 0.15) is 0 Å².